The van der Waals surface area contributed by atoms with E-state index in [0.29, 0.717) is 78.9 Å². The molecule has 13 N–H and O–H groups in total. The number of hydrogen-bond donors (Lipinski definition) is 12. The number of carbonyl (C=O) groups excluding carboxylic acids is 14. The Morgan fingerprint density at radius 2 is 1.07 bits per heavy atom. The van der Waals surface area contributed by atoms with Crippen LogP contribution in [-0.4, -0.2) is 259 Å². The highest BCUT2D eigenvalue weighted by Gasteiger charge is 2.45. The molecule has 14 atom stereocenters. The standard InChI is InChI=1S/C93H123FN14O18S/c1-11-13-26-77(92(125)108-42-21-28-76(108)88(121)102-73(49-81(114)115)86(119)103-82(56(5)6)93(126)106(10)79(52-110)55(3)4)104(8)91(124)78(47-58-22-15-14-16-23-58)105(9)90(123)74(46-60-29-35-63(94)36-30-60)98-80(113)54-127-53-64(51-109)97-83(116)70(43-57(7)12-2)99-84(117)71(45-61-33-39-66(112)40-34-61)100-85(118)72(48-62-50-96-69-25-18-17-24-67(62)69)101-87(120)75-27-19-20-41-107(75)89(122)68(95)44-59-31-37-65(111)38-32-59/h14-18,22-25,29-40,50-52,55-57,64,68,70-79,82,96,111-112H,11-13,19-21,26-28,41-49,53-54,95H2,1-10H3,(H,97,116)(H,98,113)(H,99,117)(H,100,118)(H,101,120)(H,102,121)(H,103,119)(H,114,115)/t57?,64-,68+,70+,71+,72+,73+,74+,75-,76-,77+,78+,79-,82+/m1/s1. The van der Waals surface area contributed by atoms with Crippen LogP contribution in [0.15, 0.2) is 134 Å². The second-order valence-electron chi connectivity index (χ2n) is 33.8. The Hall–Kier alpha value is -12.1. The molecule has 8 rings (SSSR count). The number of carboxylic acids is 1. The van der Waals surface area contributed by atoms with Crippen LogP contribution in [0.25, 0.3) is 10.9 Å². The summed E-state index contributed by atoms with van der Waals surface area (Å²) in [6.07, 6.45) is 4.71. The van der Waals surface area contributed by atoms with Gasteiger partial charge < -0.3 is 97.3 Å². The van der Waals surface area contributed by atoms with Crippen LogP contribution in [0.2, 0.25) is 0 Å². The lowest BCUT2D eigenvalue weighted by Crippen LogP contribution is -2.61. The smallest absolute Gasteiger partial charge is 0.305 e. The van der Waals surface area contributed by atoms with Crippen LogP contribution in [0, 0.1) is 23.6 Å². The van der Waals surface area contributed by atoms with E-state index in [-0.39, 0.29) is 100.0 Å². The fraction of sp³-hybridized carbons (Fsp3) is 0.495. The number of para-hydroxylation sites is 1. The molecule has 0 saturated carbocycles. The maximum atomic E-state index is 15.5. The highest BCUT2D eigenvalue weighted by molar-refractivity contribution is 8.00. The summed E-state index contributed by atoms with van der Waals surface area (Å²) in [5.74, 6) is -12.8. The Labute approximate surface area is 744 Å². The molecule has 1 aromatic heterocycles. The molecule has 12 amide bonds. The van der Waals surface area contributed by atoms with E-state index in [9.17, 15) is 67.7 Å². The number of unbranched alkanes of at least 4 members (excludes halogenated alkanes) is 1. The van der Waals surface area contributed by atoms with Gasteiger partial charge in [0.25, 0.3) is 0 Å². The number of amides is 12. The lowest BCUT2D eigenvalue weighted by molar-refractivity contribution is -0.152. The summed E-state index contributed by atoms with van der Waals surface area (Å²) in [5.41, 5.74) is 10.0. The largest absolute Gasteiger partial charge is 0.508 e. The Balaban J connectivity index is 0.976. The van der Waals surface area contributed by atoms with Crippen molar-refractivity contribution in [1.29, 1.82) is 0 Å². The van der Waals surface area contributed by atoms with Gasteiger partial charge in [-0.1, -0.05) is 153 Å². The van der Waals surface area contributed by atoms with Gasteiger partial charge in [0, 0.05) is 82.8 Å². The number of piperidine rings is 1. The highest BCUT2D eigenvalue weighted by atomic mass is 32.2. The van der Waals surface area contributed by atoms with E-state index >= 15 is 24.0 Å². The highest BCUT2D eigenvalue weighted by Crippen LogP contribution is 2.28. The maximum absolute atomic E-state index is 15.5. The number of aldehydes is 2. The summed E-state index contributed by atoms with van der Waals surface area (Å²) >= 11 is 0.905. The van der Waals surface area contributed by atoms with Crippen molar-refractivity contribution in [2.45, 2.75) is 230 Å². The van der Waals surface area contributed by atoms with Crippen LogP contribution >= 0.6 is 11.8 Å². The molecule has 127 heavy (non-hydrogen) atoms. The Morgan fingerprint density at radius 3 is 1.66 bits per heavy atom. The normalized spacial score (nSPS) is 16.7. The van der Waals surface area contributed by atoms with E-state index in [4.69, 9.17) is 5.73 Å². The molecule has 2 fully saturated rings. The number of carbonyl (C=O) groups is 15. The van der Waals surface area contributed by atoms with E-state index in [1.54, 1.807) is 88.5 Å². The summed E-state index contributed by atoms with van der Waals surface area (Å²) in [5, 5.41) is 50.1. The first-order chi connectivity index (χ1) is 60.5. The molecule has 1 unspecified atom stereocenters. The van der Waals surface area contributed by atoms with Crippen molar-refractivity contribution in [3.8, 4) is 11.5 Å². The molecule has 0 radical (unpaired) electrons. The summed E-state index contributed by atoms with van der Waals surface area (Å²) in [7, 11) is 4.18. The van der Waals surface area contributed by atoms with Crippen molar-refractivity contribution in [1.82, 2.24) is 66.7 Å². The van der Waals surface area contributed by atoms with Crippen molar-refractivity contribution in [2.24, 2.45) is 23.5 Å². The van der Waals surface area contributed by atoms with Crippen LogP contribution in [0.3, 0.4) is 0 Å². The molecular weight excluding hydrogens is 1650 g/mol. The number of aromatic hydroxyl groups is 2. The van der Waals surface area contributed by atoms with Crippen LogP contribution in [0.4, 0.5) is 4.39 Å². The second kappa shape index (κ2) is 48.6. The number of benzene rings is 5. The number of rotatable bonds is 47. The number of likely N-dealkylation sites (tertiary alicyclic amines) is 2. The molecule has 0 spiro atoms. The number of phenolic OH excluding ortho intramolecular Hbond substituents is 2. The molecule has 5 aromatic carbocycles. The molecule has 34 heteroatoms. The molecule has 2 aliphatic rings. The van der Waals surface area contributed by atoms with Gasteiger partial charge in [-0.25, -0.2) is 4.39 Å². The Kier molecular flexibility index (Phi) is 38.4. The van der Waals surface area contributed by atoms with Crippen molar-refractivity contribution in [3.63, 3.8) is 0 Å². The zero-order valence-corrected chi connectivity index (χ0v) is 74.6. The third-order valence-corrected chi connectivity index (χ3v) is 24.6. The second-order valence-corrected chi connectivity index (χ2v) is 34.8. The number of thioether (sulfide) groups is 1. The molecule has 0 bridgehead atoms. The molecule has 686 valence electrons. The summed E-state index contributed by atoms with van der Waals surface area (Å²) in [4.78, 5) is 224. The number of H-pyrrole nitrogens is 1. The zero-order chi connectivity index (χ0) is 92.9. The zero-order valence-electron chi connectivity index (χ0n) is 73.8. The number of aromatic amines is 1. The van der Waals surface area contributed by atoms with E-state index in [2.05, 4.69) is 42.2 Å². The van der Waals surface area contributed by atoms with Gasteiger partial charge >= 0.3 is 5.97 Å². The van der Waals surface area contributed by atoms with Gasteiger partial charge in [-0.15, -0.1) is 11.8 Å². The number of halogens is 1. The van der Waals surface area contributed by atoms with Gasteiger partial charge in [-0.2, -0.15) is 0 Å². The first kappa shape index (κ1) is 100. The lowest BCUT2D eigenvalue weighted by atomic mass is 9.97. The topological polar surface area (TPSA) is 459 Å². The van der Waals surface area contributed by atoms with Gasteiger partial charge in [-0.05, 0) is 139 Å². The number of carboxylic acid groups (broad SMARTS) is 1. The predicted octanol–water partition coefficient (Wildman–Crippen LogP) is 5.35. The number of aromatic nitrogens is 1. The summed E-state index contributed by atoms with van der Waals surface area (Å²) in [6, 6.07) is 16.6. The number of fused-ring (bicyclic) bond motifs is 1. The molecule has 6 aromatic rings. The molecule has 32 nitrogen and oxygen atoms in total. The van der Waals surface area contributed by atoms with Gasteiger partial charge in [0.1, 0.15) is 90.3 Å². The Bertz CT molecular complexity index is 4770. The van der Waals surface area contributed by atoms with Crippen LogP contribution in [-0.2, 0) is 104 Å². The van der Waals surface area contributed by atoms with Crippen LogP contribution in [0.1, 0.15) is 147 Å². The quantitative estimate of drug-likeness (QED) is 0.0214. The molecule has 2 aliphatic heterocycles. The van der Waals surface area contributed by atoms with E-state index < -0.39 is 179 Å². The average molecular weight is 1780 g/mol. The van der Waals surface area contributed by atoms with Gasteiger partial charge in [0.2, 0.25) is 70.9 Å². The number of nitrogens with zero attached hydrogens (tertiary/aromatic N) is 5. The van der Waals surface area contributed by atoms with E-state index in [0.717, 1.165) is 27.6 Å². The SMILES string of the molecule is CCCC[C@@H](C(=O)N1CCC[C@@H]1C(=O)N[C@@H](CC(=O)O)C(=O)N[C@H](C(=O)N(C)[C@H](C=O)C(C)C)C(C)C)N(C)C(=O)[C@H](Cc1ccccc1)N(C)C(=O)[C@H](Cc1ccc(F)cc1)NC(=O)CSC[C@@H](C=O)NC(=O)[C@H](CC(C)CC)NC(=O)[C@H](Cc1ccc(O)cc1)NC(=O)[C@H](Cc1c[nH]c2ccccc12)NC(=O)[C@H]1CCCCN1C(=O)[C@@H](N)Cc1ccc(O)cc1. The number of nitrogens with two attached hydrogens (primary N) is 1. The molecule has 3 heterocycles. The van der Waals surface area contributed by atoms with Crippen LogP contribution < -0.4 is 43.0 Å². The van der Waals surface area contributed by atoms with Gasteiger partial charge in [-0.3, -0.25) is 62.3 Å². The summed E-state index contributed by atoms with van der Waals surface area (Å²) < 4.78 is 14.5. The van der Waals surface area contributed by atoms with Gasteiger partial charge in [0.05, 0.1) is 30.3 Å². The third kappa shape index (κ3) is 28.7. The van der Waals surface area contributed by atoms with Gasteiger partial charge in [0.15, 0.2) is 0 Å². The van der Waals surface area contributed by atoms with Crippen molar-refractivity contribution in [3.05, 3.63) is 167 Å². The van der Waals surface area contributed by atoms with E-state index in [1.807, 2.05) is 45.0 Å². The number of phenols is 2. The fourth-order valence-electron chi connectivity index (χ4n) is 15.9. The third-order valence-electron chi connectivity index (χ3n) is 23.5. The summed E-state index contributed by atoms with van der Waals surface area (Å²) in [6.45, 7) is 12.6. The molecular formula is C93H123FN14O18S. The minimum absolute atomic E-state index is 0.0217. The first-order valence-electron chi connectivity index (χ1n) is 43.4. The van der Waals surface area contributed by atoms with E-state index in [1.165, 1.54) is 89.3 Å². The van der Waals surface area contributed by atoms with Crippen molar-refractivity contribution in [2.75, 3.05) is 45.7 Å². The predicted molar refractivity (Wildman–Crippen MR) is 476 cm³/mol. The molecule has 0 aliphatic carbocycles. The van der Waals surface area contributed by atoms with Crippen LogP contribution in [0.5, 0.6) is 11.5 Å². The first-order valence-corrected chi connectivity index (χ1v) is 44.6. The number of aliphatic carboxylic acids is 1. The lowest BCUT2D eigenvalue weighted by Gasteiger charge is -2.38. The molecule has 2 saturated heterocycles. The maximum Gasteiger partial charge on any atom is 0.305 e. The number of likely N-dealkylation sites (N-methyl/N-ethyl adjacent to an activating group) is 3. The van der Waals surface area contributed by atoms with Crippen molar-refractivity contribution >= 4 is 112 Å². The number of nitrogens with one attached hydrogen (secondary N) is 8. The Morgan fingerprint density at radius 1 is 0.543 bits per heavy atom. The minimum atomic E-state index is -1.73. The van der Waals surface area contributed by atoms with Crippen molar-refractivity contribution < 1.29 is 91.6 Å². The number of hydrogen-bond acceptors (Lipinski definition) is 19. The average Bonchev–Trinajstić information content (AvgIpc) is 1.79. The fourth-order valence-corrected chi connectivity index (χ4v) is 16.7. The minimum Gasteiger partial charge on any atom is -0.508 e. The monoisotopic (exact) mass is 1770 g/mol.